The molecule has 0 bridgehead atoms. The number of nitrogens with zero attached hydrogens (tertiary/aromatic N) is 1. The second-order valence-corrected chi connectivity index (χ2v) is 5.19. The Morgan fingerprint density at radius 1 is 0.800 bits per heavy atom. The van der Waals surface area contributed by atoms with Gasteiger partial charge in [-0.05, 0) is 51.2 Å². The molecular formula is C19H15N. The topological polar surface area (TPSA) is 12.4 Å². The SMILES string of the molecule is C1=NCCC(c2cc3ccccc3c3ccccc23)=C1. The molecule has 0 aliphatic carbocycles. The lowest BCUT2D eigenvalue weighted by atomic mass is 9.91. The van der Waals surface area contributed by atoms with Crippen LogP contribution in [0.25, 0.3) is 27.1 Å². The highest BCUT2D eigenvalue weighted by Crippen LogP contribution is 2.33. The molecule has 0 N–H and O–H groups in total. The van der Waals surface area contributed by atoms with Crippen molar-refractivity contribution >= 4 is 33.3 Å². The zero-order chi connectivity index (χ0) is 13.4. The van der Waals surface area contributed by atoms with Gasteiger partial charge in [0, 0.05) is 12.8 Å². The Morgan fingerprint density at radius 2 is 1.55 bits per heavy atom. The normalized spacial score (nSPS) is 14.7. The molecule has 1 heteroatoms. The fourth-order valence-electron chi connectivity index (χ4n) is 3.03. The first-order valence-electron chi connectivity index (χ1n) is 7.03. The number of hydrogen-bond donors (Lipinski definition) is 0. The quantitative estimate of drug-likeness (QED) is 0.552. The summed E-state index contributed by atoms with van der Waals surface area (Å²) in [4.78, 5) is 4.29. The van der Waals surface area contributed by atoms with E-state index in [1.807, 2.05) is 6.21 Å². The van der Waals surface area contributed by atoms with Crippen molar-refractivity contribution in [1.82, 2.24) is 0 Å². The molecule has 0 amide bonds. The fourth-order valence-corrected chi connectivity index (χ4v) is 3.03. The molecule has 0 saturated heterocycles. The summed E-state index contributed by atoms with van der Waals surface area (Å²) < 4.78 is 0. The van der Waals surface area contributed by atoms with Gasteiger partial charge in [-0.2, -0.15) is 0 Å². The van der Waals surface area contributed by atoms with Crippen molar-refractivity contribution in [2.45, 2.75) is 6.42 Å². The van der Waals surface area contributed by atoms with Gasteiger partial charge in [0.25, 0.3) is 0 Å². The molecule has 3 aromatic rings. The average Bonchev–Trinajstić information content (AvgIpc) is 2.55. The summed E-state index contributed by atoms with van der Waals surface area (Å²) in [5.41, 5.74) is 2.74. The molecule has 0 aromatic heterocycles. The summed E-state index contributed by atoms with van der Waals surface area (Å²) in [5.74, 6) is 0. The Kier molecular flexibility index (Phi) is 2.63. The molecule has 0 unspecified atom stereocenters. The molecule has 0 radical (unpaired) electrons. The maximum absolute atomic E-state index is 4.29. The lowest BCUT2D eigenvalue weighted by Crippen LogP contribution is -1.96. The van der Waals surface area contributed by atoms with Gasteiger partial charge < -0.3 is 0 Å². The maximum atomic E-state index is 4.29. The number of aliphatic imine (C=N–C) groups is 1. The molecule has 0 saturated carbocycles. The number of rotatable bonds is 1. The van der Waals surface area contributed by atoms with E-state index in [9.17, 15) is 0 Å². The van der Waals surface area contributed by atoms with Gasteiger partial charge in [0.05, 0.1) is 0 Å². The first kappa shape index (κ1) is 11.4. The Balaban J connectivity index is 2.13. The molecule has 4 rings (SSSR count). The van der Waals surface area contributed by atoms with E-state index in [2.05, 4.69) is 65.7 Å². The molecule has 0 spiro atoms. The molecule has 20 heavy (non-hydrogen) atoms. The number of dihydropyridines is 1. The number of fused-ring (bicyclic) bond motifs is 3. The summed E-state index contributed by atoms with van der Waals surface area (Å²) in [6.45, 7) is 0.896. The van der Waals surface area contributed by atoms with Gasteiger partial charge in [0.2, 0.25) is 0 Å². The lowest BCUT2D eigenvalue weighted by Gasteiger charge is -2.14. The van der Waals surface area contributed by atoms with Crippen LogP contribution in [0.3, 0.4) is 0 Å². The van der Waals surface area contributed by atoms with Crippen LogP contribution in [0, 0.1) is 0 Å². The van der Waals surface area contributed by atoms with E-state index in [1.54, 1.807) is 0 Å². The van der Waals surface area contributed by atoms with E-state index < -0.39 is 0 Å². The summed E-state index contributed by atoms with van der Waals surface area (Å²) >= 11 is 0. The van der Waals surface area contributed by atoms with Gasteiger partial charge in [-0.25, -0.2) is 0 Å². The van der Waals surface area contributed by atoms with Crippen molar-refractivity contribution in [3.8, 4) is 0 Å². The van der Waals surface area contributed by atoms with Crippen molar-refractivity contribution < 1.29 is 0 Å². The van der Waals surface area contributed by atoms with Crippen LogP contribution in [-0.2, 0) is 0 Å². The summed E-state index contributed by atoms with van der Waals surface area (Å²) in [6, 6.07) is 19.6. The van der Waals surface area contributed by atoms with E-state index in [4.69, 9.17) is 0 Å². The minimum atomic E-state index is 0.896. The number of allylic oxidation sites excluding steroid dienone is 1. The van der Waals surface area contributed by atoms with Crippen LogP contribution in [0.5, 0.6) is 0 Å². The van der Waals surface area contributed by atoms with Crippen LogP contribution < -0.4 is 0 Å². The van der Waals surface area contributed by atoms with E-state index >= 15 is 0 Å². The predicted octanol–water partition coefficient (Wildman–Crippen LogP) is 4.85. The van der Waals surface area contributed by atoms with Crippen molar-refractivity contribution in [2.24, 2.45) is 4.99 Å². The largest absolute Gasteiger partial charge is 0.293 e. The maximum Gasteiger partial charge on any atom is 0.0429 e. The molecule has 3 aromatic carbocycles. The Labute approximate surface area is 118 Å². The van der Waals surface area contributed by atoms with Gasteiger partial charge in [0.15, 0.2) is 0 Å². The fraction of sp³-hybridized carbons (Fsp3) is 0.105. The highest BCUT2D eigenvalue weighted by molar-refractivity contribution is 6.12. The third kappa shape index (κ3) is 1.75. The van der Waals surface area contributed by atoms with Crippen molar-refractivity contribution in [3.63, 3.8) is 0 Å². The molecular weight excluding hydrogens is 242 g/mol. The highest BCUT2D eigenvalue weighted by Gasteiger charge is 2.10. The molecule has 96 valence electrons. The molecule has 1 aliphatic heterocycles. The van der Waals surface area contributed by atoms with Crippen molar-refractivity contribution in [3.05, 3.63) is 66.2 Å². The first-order valence-corrected chi connectivity index (χ1v) is 7.03. The lowest BCUT2D eigenvalue weighted by molar-refractivity contribution is 1.02. The number of benzene rings is 3. The summed E-state index contributed by atoms with van der Waals surface area (Å²) in [7, 11) is 0. The Hall–Kier alpha value is -2.41. The second kappa shape index (κ2) is 4.61. The second-order valence-electron chi connectivity index (χ2n) is 5.19. The van der Waals surface area contributed by atoms with Gasteiger partial charge in [-0.1, -0.05) is 48.5 Å². The van der Waals surface area contributed by atoms with E-state index in [1.165, 1.54) is 32.7 Å². The highest BCUT2D eigenvalue weighted by atomic mass is 14.7. The third-order valence-electron chi connectivity index (χ3n) is 4.01. The zero-order valence-corrected chi connectivity index (χ0v) is 11.2. The van der Waals surface area contributed by atoms with Crippen molar-refractivity contribution in [2.75, 3.05) is 6.54 Å². The monoisotopic (exact) mass is 257 g/mol. The number of hydrogen-bond acceptors (Lipinski definition) is 1. The van der Waals surface area contributed by atoms with E-state index in [-0.39, 0.29) is 0 Å². The smallest absolute Gasteiger partial charge is 0.0429 e. The Morgan fingerprint density at radius 3 is 2.35 bits per heavy atom. The minimum Gasteiger partial charge on any atom is -0.293 e. The van der Waals surface area contributed by atoms with Crippen LogP contribution in [0.15, 0.2) is 65.7 Å². The van der Waals surface area contributed by atoms with E-state index in [0.29, 0.717) is 0 Å². The average molecular weight is 257 g/mol. The predicted molar refractivity (Wildman–Crippen MR) is 87.4 cm³/mol. The van der Waals surface area contributed by atoms with E-state index in [0.717, 1.165) is 13.0 Å². The van der Waals surface area contributed by atoms with Crippen LogP contribution >= 0.6 is 0 Å². The third-order valence-corrected chi connectivity index (χ3v) is 4.01. The van der Waals surface area contributed by atoms with Gasteiger partial charge in [-0.3, -0.25) is 4.99 Å². The minimum absolute atomic E-state index is 0.896. The zero-order valence-electron chi connectivity index (χ0n) is 11.2. The van der Waals surface area contributed by atoms with Gasteiger partial charge in [0.1, 0.15) is 0 Å². The Bertz CT molecular complexity index is 856. The van der Waals surface area contributed by atoms with Crippen LogP contribution in [0.2, 0.25) is 0 Å². The molecule has 0 atom stereocenters. The van der Waals surface area contributed by atoms with Gasteiger partial charge >= 0.3 is 0 Å². The molecule has 1 aliphatic rings. The van der Waals surface area contributed by atoms with Crippen LogP contribution in [0.4, 0.5) is 0 Å². The standard InChI is InChI=1S/C19H15N/c1-2-6-16-15(5-1)13-19(14-9-11-20-12-10-14)18-8-4-3-7-17(16)18/h1-9,11,13H,10,12H2. The van der Waals surface area contributed by atoms with Crippen molar-refractivity contribution in [1.29, 1.82) is 0 Å². The van der Waals surface area contributed by atoms with Crippen LogP contribution in [-0.4, -0.2) is 12.8 Å². The summed E-state index contributed by atoms with van der Waals surface area (Å²) in [6.07, 6.45) is 5.11. The molecule has 1 nitrogen and oxygen atoms in total. The summed E-state index contributed by atoms with van der Waals surface area (Å²) in [5, 5.41) is 5.32. The van der Waals surface area contributed by atoms with Gasteiger partial charge in [-0.15, -0.1) is 0 Å². The van der Waals surface area contributed by atoms with Crippen LogP contribution in [0.1, 0.15) is 12.0 Å². The first-order chi connectivity index (χ1) is 9.93. The molecule has 1 heterocycles. The molecule has 0 fully saturated rings.